The summed E-state index contributed by atoms with van der Waals surface area (Å²) in [7, 11) is 0. The molecule has 4 aromatic rings. The van der Waals surface area contributed by atoms with E-state index in [1.165, 1.54) is 6.21 Å². The van der Waals surface area contributed by atoms with Gasteiger partial charge in [-0.1, -0.05) is 36.4 Å². The topological polar surface area (TPSA) is 107 Å². The average Bonchev–Trinajstić information content (AvgIpc) is 3.02. The Hall–Kier alpha value is -5.31. The highest BCUT2D eigenvalue weighted by Gasteiger charge is 2.13. The molecule has 0 aromatic heterocycles. The smallest absolute Gasteiger partial charge is 0.271 e. The van der Waals surface area contributed by atoms with Crippen LogP contribution in [0.25, 0.3) is 0 Å². The Kier molecular flexibility index (Phi) is 11.3. The predicted molar refractivity (Wildman–Crippen MR) is 171 cm³/mol. The van der Waals surface area contributed by atoms with Gasteiger partial charge in [0, 0.05) is 11.3 Å². The van der Waals surface area contributed by atoms with E-state index in [2.05, 4.69) is 15.8 Å². The molecule has 0 spiro atoms. The van der Waals surface area contributed by atoms with Crippen molar-refractivity contribution in [3.05, 3.63) is 113 Å². The van der Waals surface area contributed by atoms with E-state index in [9.17, 15) is 9.59 Å². The number of benzene rings is 4. The molecule has 0 unspecified atom stereocenters. The number of hydrogen-bond donors (Lipinski definition) is 2. The number of carbonyl (C=O) groups is 2. The van der Waals surface area contributed by atoms with Crippen LogP contribution in [0.4, 0.5) is 5.69 Å². The summed E-state index contributed by atoms with van der Waals surface area (Å²) in [4.78, 5) is 25.3. The number of anilines is 1. The maximum atomic E-state index is 12.8. The number of nitrogens with zero attached hydrogens (tertiary/aromatic N) is 1. The van der Waals surface area contributed by atoms with Gasteiger partial charge in [-0.05, 0) is 98.5 Å². The van der Waals surface area contributed by atoms with Gasteiger partial charge in [0.25, 0.3) is 11.8 Å². The molecule has 0 saturated heterocycles. The standard InChI is InChI=1S/C35H37N3O6/c1-5-41-32-19-27(13-16-30(32)44-23-34(39)37-29-15-12-24(3)25(4)18-29)21-36-38-35(40)28-14-17-31(33(20-28)42-6-2)43-22-26-10-8-7-9-11-26/h7-21H,5-6,22-23H2,1-4H3,(H,37,39)(H,38,40)/b36-21+. The molecule has 0 saturated carbocycles. The van der Waals surface area contributed by atoms with Crippen LogP contribution in [0.2, 0.25) is 0 Å². The zero-order valence-electron chi connectivity index (χ0n) is 25.4. The third-order valence-electron chi connectivity index (χ3n) is 6.54. The van der Waals surface area contributed by atoms with Crippen molar-refractivity contribution in [1.82, 2.24) is 5.43 Å². The van der Waals surface area contributed by atoms with Gasteiger partial charge < -0.3 is 24.3 Å². The van der Waals surface area contributed by atoms with Gasteiger partial charge in [0.05, 0.1) is 19.4 Å². The highest BCUT2D eigenvalue weighted by molar-refractivity contribution is 5.95. The van der Waals surface area contributed by atoms with Crippen LogP contribution in [0, 0.1) is 13.8 Å². The fourth-order valence-corrected chi connectivity index (χ4v) is 4.15. The van der Waals surface area contributed by atoms with Crippen molar-refractivity contribution >= 4 is 23.7 Å². The lowest BCUT2D eigenvalue weighted by Gasteiger charge is -2.13. The molecule has 44 heavy (non-hydrogen) atoms. The van der Waals surface area contributed by atoms with E-state index in [0.717, 1.165) is 16.7 Å². The minimum Gasteiger partial charge on any atom is -0.490 e. The van der Waals surface area contributed by atoms with Crippen molar-refractivity contribution in [3.8, 4) is 23.0 Å². The lowest BCUT2D eigenvalue weighted by atomic mass is 10.1. The van der Waals surface area contributed by atoms with Crippen LogP contribution in [-0.4, -0.2) is 37.8 Å². The number of nitrogens with one attached hydrogen (secondary N) is 2. The monoisotopic (exact) mass is 595 g/mol. The number of amides is 2. The van der Waals surface area contributed by atoms with E-state index < -0.39 is 5.91 Å². The molecule has 0 aliphatic rings. The first-order valence-electron chi connectivity index (χ1n) is 14.4. The van der Waals surface area contributed by atoms with Crippen molar-refractivity contribution in [2.45, 2.75) is 34.3 Å². The minimum atomic E-state index is -0.406. The van der Waals surface area contributed by atoms with E-state index in [1.807, 2.05) is 76.2 Å². The van der Waals surface area contributed by atoms with E-state index in [4.69, 9.17) is 18.9 Å². The average molecular weight is 596 g/mol. The summed E-state index contributed by atoms with van der Waals surface area (Å²) < 4.78 is 23.1. The number of hydrazone groups is 1. The van der Waals surface area contributed by atoms with Gasteiger partial charge >= 0.3 is 0 Å². The number of aryl methyl sites for hydroxylation is 2. The molecule has 0 aliphatic heterocycles. The molecule has 9 nitrogen and oxygen atoms in total. The van der Waals surface area contributed by atoms with Gasteiger partial charge in [0.2, 0.25) is 0 Å². The Bertz CT molecular complexity index is 1600. The van der Waals surface area contributed by atoms with E-state index in [0.29, 0.717) is 59.6 Å². The van der Waals surface area contributed by atoms with Crippen LogP contribution in [0.5, 0.6) is 23.0 Å². The van der Waals surface area contributed by atoms with E-state index >= 15 is 0 Å². The van der Waals surface area contributed by atoms with Gasteiger partial charge in [0.15, 0.2) is 29.6 Å². The Morgan fingerprint density at radius 1 is 0.727 bits per heavy atom. The molecule has 228 valence electrons. The van der Waals surface area contributed by atoms with Crippen LogP contribution in [0.3, 0.4) is 0 Å². The second-order valence-corrected chi connectivity index (χ2v) is 9.84. The first-order valence-corrected chi connectivity index (χ1v) is 14.4. The van der Waals surface area contributed by atoms with Crippen LogP contribution < -0.4 is 29.7 Å². The van der Waals surface area contributed by atoms with Crippen LogP contribution in [0.15, 0.2) is 90.0 Å². The van der Waals surface area contributed by atoms with Gasteiger partial charge in [0.1, 0.15) is 6.61 Å². The molecule has 0 heterocycles. The van der Waals surface area contributed by atoms with Gasteiger partial charge in [-0.3, -0.25) is 9.59 Å². The summed E-state index contributed by atoms with van der Waals surface area (Å²) in [6, 6.07) is 25.7. The number of carbonyl (C=O) groups excluding carboxylic acids is 2. The van der Waals surface area contributed by atoms with Gasteiger partial charge in [-0.25, -0.2) is 5.43 Å². The van der Waals surface area contributed by atoms with Crippen LogP contribution in [0.1, 0.15) is 46.5 Å². The summed E-state index contributed by atoms with van der Waals surface area (Å²) in [5.41, 5.74) is 7.55. The lowest BCUT2D eigenvalue weighted by Crippen LogP contribution is -2.20. The molecule has 4 rings (SSSR count). The quantitative estimate of drug-likeness (QED) is 0.128. The molecule has 2 amide bonds. The summed E-state index contributed by atoms with van der Waals surface area (Å²) in [5.74, 6) is 1.20. The first-order chi connectivity index (χ1) is 21.4. The first kappa shape index (κ1) is 31.6. The Balaban J connectivity index is 1.35. The fraction of sp³-hybridized carbons (Fsp3) is 0.229. The summed E-state index contributed by atoms with van der Waals surface area (Å²) in [6.45, 7) is 8.74. The summed E-state index contributed by atoms with van der Waals surface area (Å²) >= 11 is 0. The SMILES string of the molecule is CCOc1cc(/C=N/NC(=O)c2ccc(OCc3ccccc3)c(OCC)c2)ccc1OCC(=O)Nc1ccc(C)c(C)c1. The highest BCUT2D eigenvalue weighted by atomic mass is 16.5. The Labute approximate surface area is 257 Å². The van der Waals surface area contributed by atoms with Crippen LogP contribution >= 0.6 is 0 Å². The fourth-order valence-electron chi connectivity index (χ4n) is 4.15. The number of rotatable bonds is 14. The second kappa shape index (κ2) is 15.8. The maximum absolute atomic E-state index is 12.8. The highest BCUT2D eigenvalue weighted by Crippen LogP contribution is 2.30. The number of ether oxygens (including phenoxy) is 4. The maximum Gasteiger partial charge on any atom is 0.271 e. The van der Waals surface area contributed by atoms with E-state index in [-0.39, 0.29) is 12.5 Å². The second-order valence-electron chi connectivity index (χ2n) is 9.84. The zero-order chi connectivity index (χ0) is 31.3. The third kappa shape index (κ3) is 9.09. The van der Waals surface area contributed by atoms with Crippen molar-refractivity contribution in [2.75, 3.05) is 25.1 Å². The third-order valence-corrected chi connectivity index (χ3v) is 6.54. The molecular weight excluding hydrogens is 558 g/mol. The summed E-state index contributed by atoms with van der Waals surface area (Å²) in [6.07, 6.45) is 1.50. The molecule has 4 aromatic carbocycles. The number of hydrogen-bond acceptors (Lipinski definition) is 7. The molecule has 2 N–H and O–H groups in total. The molecule has 0 aliphatic carbocycles. The lowest BCUT2D eigenvalue weighted by molar-refractivity contribution is -0.118. The molecule has 0 atom stereocenters. The van der Waals surface area contributed by atoms with Gasteiger partial charge in [-0.2, -0.15) is 5.10 Å². The predicted octanol–water partition coefficient (Wildman–Crippen LogP) is 6.46. The molecule has 0 fully saturated rings. The summed E-state index contributed by atoms with van der Waals surface area (Å²) in [5, 5.41) is 6.94. The molecule has 0 bridgehead atoms. The minimum absolute atomic E-state index is 0.184. The molecular formula is C35H37N3O6. The normalized spacial score (nSPS) is 10.7. The largest absolute Gasteiger partial charge is 0.490 e. The van der Waals surface area contributed by atoms with Gasteiger partial charge in [-0.15, -0.1) is 0 Å². The Morgan fingerprint density at radius 2 is 1.43 bits per heavy atom. The van der Waals surface area contributed by atoms with Crippen molar-refractivity contribution in [3.63, 3.8) is 0 Å². The molecule has 0 radical (unpaired) electrons. The van der Waals surface area contributed by atoms with Crippen molar-refractivity contribution in [2.24, 2.45) is 5.10 Å². The zero-order valence-corrected chi connectivity index (χ0v) is 25.4. The Morgan fingerprint density at radius 3 is 2.16 bits per heavy atom. The van der Waals surface area contributed by atoms with Crippen molar-refractivity contribution < 1.29 is 28.5 Å². The molecule has 9 heteroatoms. The van der Waals surface area contributed by atoms with Crippen LogP contribution in [-0.2, 0) is 11.4 Å². The van der Waals surface area contributed by atoms with E-state index in [1.54, 1.807) is 36.4 Å². The van der Waals surface area contributed by atoms with Crippen molar-refractivity contribution in [1.29, 1.82) is 0 Å².